The molecule has 0 saturated heterocycles. The van der Waals surface area contributed by atoms with Gasteiger partial charge in [0, 0.05) is 0 Å². The monoisotopic (exact) mass is 415 g/mol. The van der Waals surface area contributed by atoms with Crippen LogP contribution in [0.25, 0.3) is 11.1 Å². The Labute approximate surface area is 182 Å². The summed E-state index contributed by atoms with van der Waals surface area (Å²) in [6, 6.07) is 28.2. The Kier molecular flexibility index (Phi) is 7.60. The third-order valence-corrected chi connectivity index (χ3v) is 4.79. The molecule has 2 N–H and O–H groups in total. The van der Waals surface area contributed by atoms with Crippen LogP contribution >= 0.6 is 0 Å². The van der Waals surface area contributed by atoms with Crippen molar-refractivity contribution in [3.8, 4) is 5.75 Å². The summed E-state index contributed by atoms with van der Waals surface area (Å²) in [5.74, 6) is -1.03. The highest BCUT2D eigenvalue weighted by Crippen LogP contribution is 2.34. The Hall–Kier alpha value is -3.86. The number of nitrogens with one attached hydrogen (secondary N) is 1. The molecular formula is C26H25NO4. The van der Waals surface area contributed by atoms with Gasteiger partial charge in [0.15, 0.2) is 6.61 Å². The van der Waals surface area contributed by atoms with Crippen molar-refractivity contribution >= 4 is 23.0 Å². The number of allylic oxidation sites excluding steroid dienone is 1. The summed E-state index contributed by atoms with van der Waals surface area (Å²) in [4.78, 5) is 22.2. The molecule has 0 aromatic heterocycles. The molecule has 1 amide bonds. The fourth-order valence-electron chi connectivity index (χ4n) is 3.38. The van der Waals surface area contributed by atoms with Crippen LogP contribution in [-0.2, 0) is 9.59 Å². The van der Waals surface area contributed by atoms with Gasteiger partial charge in [0.25, 0.3) is 5.91 Å². The van der Waals surface area contributed by atoms with E-state index in [0.29, 0.717) is 5.75 Å². The summed E-state index contributed by atoms with van der Waals surface area (Å²) in [6.07, 6.45) is 0.871. The molecule has 158 valence electrons. The molecule has 0 bridgehead atoms. The van der Waals surface area contributed by atoms with Gasteiger partial charge in [-0.05, 0) is 46.4 Å². The molecule has 5 nitrogen and oxygen atoms in total. The summed E-state index contributed by atoms with van der Waals surface area (Å²) < 4.78 is 5.49. The van der Waals surface area contributed by atoms with Crippen molar-refractivity contribution in [1.29, 1.82) is 0 Å². The predicted octanol–water partition coefficient (Wildman–Crippen LogP) is 4.64. The molecular weight excluding hydrogens is 390 g/mol. The predicted molar refractivity (Wildman–Crippen MR) is 122 cm³/mol. The summed E-state index contributed by atoms with van der Waals surface area (Å²) in [7, 11) is 0. The molecule has 0 unspecified atom stereocenters. The smallest absolute Gasteiger partial charge is 0.322 e. The van der Waals surface area contributed by atoms with Crippen LogP contribution < -0.4 is 10.1 Å². The van der Waals surface area contributed by atoms with Crippen molar-refractivity contribution in [2.45, 2.75) is 13.3 Å². The van der Waals surface area contributed by atoms with E-state index >= 15 is 0 Å². The van der Waals surface area contributed by atoms with E-state index < -0.39 is 18.4 Å². The Morgan fingerprint density at radius 3 is 1.90 bits per heavy atom. The van der Waals surface area contributed by atoms with Crippen LogP contribution in [0, 0.1) is 0 Å². The lowest BCUT2D eigenvalue weighted by Gasteiger charge is -2.17. The topological polar surface area (TPSA) is 75.6 Å². The highest BCUT2D eigenvalue weighted by atomic mass is 16.5. The number of carbonyl (C=O) groups is 2. The Morgan fingerprint density at radius 1 is 0.806 bits per heavy atom. The number of rotatable bonds is 9. The number of carboxylic acid groups (broad SMARTS) is 1. The van der Waals surface area contributed by atoms with Gasteiger partial charge >= 0.3 is 5.97 Å². The first-order valence-electron chi connectivity index (χ1n) is 10.1. The molecule has 3 rings (SSSR count). The molecule has 0 saturated carbocycles. The molecule has 0 aliphatic heterocycles. The van der Waals surface area contributed by atoms with Gasteiger partial charge in [0.2, 0.25) is 0 Å². The van der Waals surface area contributed by atoms with Crippen LogP contribution in [0.15, 0.2) is 84.9 Å². The number of ether oxygens (including phenoxy) is 1. The average Bonchev–Trinajstić information content (AvgIpc) is 2.81. The maximum atomic E-state index is 11.7. The molecule has 3 aromatic rings. The molecule has 0 aliphatic rings. The molecule has 0 spiro atoms. The molecule has 0 heterocycles. The van der Waals surface area contributed by atoms with E-state index in [-0.39, 0.29) is 6.61 Å². The average molecular weight is 415 g/mol. The van der Waals surface area contributed by atoms with Gasteiger partial charge in [-0.1, -0.05) is 79.7 Å². The Balaban J connectivity index is 1.88. The number of aliphatic carboxylic acids is 1. The molecule has 5 heteroatoms. The van der Waals surface area contributed by atoms with E-state index in [4.69, 9.17) is 9.84 Å². The number of carboxylic acids is 1. The number of hydrogen-bond donors (Lipinski definition) is 2. The Bertz CT molecular complexity index is 1040. The minimum Gasteiger partial charge on any atom is -0.484 e. The van der Waals surface area contributed by atoms with Gasteiger partial charge < -0.3 is 15.2 Å². The lowest BCUT2D eigenvalue weighted by atomic mass is 9.88. The summed E-state index contributed by atoms with van der Waals surface area (Å²) in [5.41, 5.74) is 5.76. The second-order valence-corrected chi connectivity index (χ2v) is 6.92. The highest BCUT2D eigenvalue weighted by molar-refractivity contribution is 5.98. The van der Waals surface area contributed by atoms with Crippen molar-refractivity contribution in [2.75, 3.05) is 13.2 Å². The largest absolute Gasteiger partial charge is 0.484 e. The fraction of sp³-hybridized carbons (Fsp3) is 0.154. The van der Waals surface area contributed by atoms with Crippen LogP contribution in [0.3, 0.4) is 0 Å². The van der Waals surface area contributed by atoms with E-state index in [2.05, 4.69) is 36.5 Å². The highest BCUT2D eigenvalue weighted by Gasteiger charge is 2.13. The molecule has 0 fully saturated rings. The lowest BCUT2D eigenvalue weighted by Crippen LogP contribution is -2.33. The maximum Gasteiger partial charge on any atom is 0.322 e. The van der Waals surface area contributed by atoms with Gasteiger partial charge in [-0.3, -0.25) is 9.59 Å². The summed E-state index contributed by atoms with van der Waals surface area (Å²) in [6.45, 7) is 1.49. The standard InChI is InChI=1S/C26H25NO4/c1-2-23(19-9-5-3-6-10-19)26(20-11-7-4-8-12-20)21-13-15-22(16-14-21)31-18-24(28)27-17-25(29)30/h3-16H,2,17-18H2,1H3,(H,27,28)(H,29,30)/b26-23-. The third-order valence-electron chi connectivity index (χ3n) is 4.79. The van der Waals surface area contributed by atoms with Gasteiger partial charge in [-0.25, -0.2) is 0 Å². The summed E-state index contributed by atoms with van der Waals surface area (Å²) >= 11 is 0. The molecule has 0 aliphatic carbocycles. The van der Waals surface area contributed by atoms with E-state index in [0.717, 1.165) is 23.1 Å². The van der Waals surface area contributed by atoms with Crippen LogP contribution in [0.4, 0.5) is 0 Å². The SMILES string of the molecule is CC/C(=C(\c1ccccc1)c1ccc(OCC(=O)NCC(=O)O)cc1)c1ccccc1. The molecule has 31 heavy (non-hydrogen) atoms. The first-order chi connectivity index (χ1) is 15.1. The van der Waals surface area contributed by atoms with Gasteiger partial charge in [0.1, 0.15) is 12.3 Å². The minimum absolute atomic E-state index is 0.238. The number of carbonyl (C=O) groups excluding carboxylic acids is 1. The zero-order valence-electron chi connectivity index (χ0n) is 17.4. The van der Waals surface area contributed by atoms with Crippen molar-refractivity contribution in [3.05, 3.63) is 102 Å². The van der Waals surface area contributed by atoms with Crippen LogP contribution in [0.5, 0.6) is 5.75 Å². The van der Waals surface area contributed by atoms with E-state index in [1.165, 1.54) is 11.1 Å². The van der Waals surface area contributed by atoms with Crippen LogP contribution in [0.1, 0.15) is 30.0 Å². The van der Waals surface area contributed by atoms with Gasteiger partial charge in [-0.2, -0.15) is 0 Å². The minimum atomic E-state index is -1.09. The third kappa shape index (κ3) is 6.06. The molecule has 3 aromatic carbocycles. The van der Waals surface area contributed by atoms with Crippen molar-refractivity contribution in [3.63, 3.8) is 0 Å². The summed E-state index contributed by atoms with van der Waals surface area (Å²) in [5, 5.41) is 10.9. The maximum absolute atomic E-state index is 11.7. The zero-order valence-corrected chi connectivity index (χ0v) is 17.4. The lowest BCUT2D eigenvalue weighted by molar-refractivity contribution is -0.138. The molecule has 0 atom stereocenters. The fourth-order valence-corrected chi connectivity index (χ4v) is 3.38. The second kappa shape index (κ2) is 10.8. The number of benzene rings is 3. The van der Waals surface area contributed by atoms with E-state index in [9.17, 15) is 9.59 Å². The van der Waals surface area contributed by atoms with E-state index in [1.807, 2.05) is 60.7 Å². The number of amides is 1. The second-order valence-electron chi connectivity index (χ2n) is 6.92. The van der Waals surface area contributed by atoms with Crippen molar-refractivity contribution in [2.24, 2.45) is 0 Å². The quantitative estimate of drug-likeness (QED) is 0.500. The molecule has 0 radical (unpaired) electrons. The van der Waals surface area contributed by atoms with Crippen LogP contribution in [-0.4, -0.2) is 30.1 Å². The van der Waals surface area contributed by atoms with Crippen molar-refractivity contribution < 1.29 is 19.4 Å². The zero-order chi connectivity index (χ0) is 22.1. The normalized spacial score (nSPS) is 11.4. The Morgan fingerprint density at radius 2 is 1.35 bits per heavy atom. The van der Waals surface area contributed by atoms with Crippen LogP contribution in [0.2, 0.25) is 0 Å². The number of hydrogen-bond acceptors (Lipinski definition) is 3. The van der Waals surface area contributed by atoms with E-state index in [1.54, 1.807) is 0 Å². The first-order valence-corrected chi connectivity index (χ1v) is 10.1. The van der Waals surface area contributed by atoms with Gasteiger partial charge in [0.05, 0.1) is 0 Å². The van der Waals surface area contributed by atoms with Gasteiger partial charge in [-0.15, -0.1) is 0 Å². The van der Waals surface area contributed by atoms with Crippen molar-refractivity contribution in [1.82, 2.24) is 5.32 Å². The first kappa shape index (κ1) is 21.8.